The van der Waals surface area contributed by atoms with Gasteiger partial charge in [0, 0.05) is 50.2 Å². The van der Waals surface area contributed by atoms with Crippen LogP contribution in [0.2, 0.25) is 0 Å². The van der Waals surface area contributed by atoms with Crippen LogP contribution in [-0.4, -0.2) is 53.6 Å². The average molecular weight is 372 g/mol. The minimum absolute atomic E-state index is 0.217. The first-order chi connectivity index (χ1) is 13.0. The molecule has 1 aliphatic heterocycles. The van der Waals surface area contributed by atoms with Crippen LogP contribution in [0.25, 0.3) is 0 Å². The predicted octanol–water partition coefficient (Wildman–Crippen LogP) is 3.02. The van der Waals surface area contributed by atoms with Crippen LogP contribution in [0, 0.1) is 19.7 Å². The molecule has 1 aromatic carbocycles. The van der Waals surface area contributed by atoms with E-state index in [4.69, 9.17) is 0 Å². The van der Waals surface area contributed by atoms with Gasteiger partial charge in [0.05, 0.1) is 0 Å². The van der Waals surface area contributed by atoms with E-state index < -0.39 is 0 Å². The first kappa shape index (κ1) is 18.9. The van der Waals surface area contributed by atoms with Gasteiger partial charge in [-0.05, 0) is 38.5 Å². The Labute approximate surface area is 158 Å². The molecule has 7 nitrogen and oxygen atoms in total. The molecule has 0 spiro atoms. The lowest BCUT2D eigenvalue weighted by Crippen LogP contribution is -2.50. The third kappa shape index (κ3) is 4.64. The van der Waals surface area contributed by atoms with E-state index >= 15 is 0 Å². The summed E-state index contributed by atoms with van der Waals surface area (Å²) in [7, 11) is 0. The van der Waals surface area contributed by atoms with Crippen molar-refractivity contribution in [2.75, 3.05) is 48.3 Å². The first-order valence-corrected chi connectivity index (χ1v) is 9.13. The monoisotopic (exact) mass is 372 g/mol. The fourth-order valence-corrected chi connectivity index (χ4v) is 2.96. The molecular formula is C19H25FN6O. The number of nitrogens with one attached hydrogen (secondary N) is 2. The average Bonchev–Trinajstić information content (AvgIpc) is 2.65. The number of nitrogens with zero attached hydrogens (tertiary/aromatic N) is 4. The Morgan fingerprint density at radius 2 is 1.89 bits per heavy atom. The molecule has 1 saturated heterocycles. The van der Waals surface area contributed by atoms with E-state index in [-0.39, 0.29) is 11.8 Å². The number of carbonyl (C=O) groups excluding carboxylic acids is 1. The van der Waals surface area contributed by atoms with Crippen molar-refractivity contribution in [3.63, 3.8) is 0 Å². The second kappa shape index (κ2) is 8.20. The lowest BCUT2D eigenvalue weighted by molar-refractivity contribution is 0.208. The third-order valence-corrected chi connectivity index (χ3v) is 4.49. The zero-order valence-electron chi connectivity index (χ0n) is 15.9. The van der Waals surface area contributed by atoms with E-state index in [0.717, 1.165) is 18.1 Å². The van der Waals surface area contributed by atoms with E-state index in [1.165, 1.54) is 6.07 Å². The van der Waals surface area contributed by atoms with Gasteiger partial charge in [-0.2, -0.15) is 4.98 Å². The van der Waals surface area contributed by atoms with Gasteiger partial charge in [0.15, 0.2) is 0 Å². The molecule has 0 unspecified atom stereocenters. The lowest BCUT2D eigenvalue weighted by atomic mass is 10.2. The highest BCUT2D eigenvalue weighted by Crippen LogP contribution is 2.18. The van der Waals surface area contributed by atoms with Crippen LogP contribution in [0.5, 0.6) is 0 Å². The topological polar surface area (TPSA) is 73.4 Å². The van der Waals surface area contributed by atoms with Crippen molar-refractivity contribution in [3.8, 4) is 0 Å². The van der Waals surface area contributed by atoms with Gasteiger partial charge in [-0.25, -0.2) is 14.2 Å². The molecule has 0 radical (unpaired) electrons. The molecule has 2 amide bonds. The van der Waals surface area contributed by atoms with Crippen molar-refractivity contribution in [2.24, 2.45) is 0 Å². The number of benzene rings is 1. The molecule has 27 heavy (non-hydrogen) atoms. The second-order valence-electron chi connectivity index (χ2n) is 6.59. The van der Waals surface area contributed by atoms with Crippen molar-refractivity contribution >= 4 is 23.5 Å². The van der Waals surface area contributed by atoms with E-state index in [1.54, 1.807) is 24.0 Å². The van der Waals surface area contributed by atoms with Gasteiger partial charge >= 0.3 is 6.03 Å². The van der Waals surface area contributed by atoms with Crippen LogP contribution in [0.4, 0.5) is 26.6 Å². The summed E-state index contributed by atoms with van der Waals surface area (Å²) in [5.41, 5.74) is 1.92. The first-order valence-electron chi connectivity index (χ1n) is 9.13. The van der Waals surface area contributed by atoms with Gasteiger partial charge in [-0.3, -0.25) is 0 Å². The molecule has 2 heterocycles. The van der Waals surface area contributed by atoms with Crippen molar-refractivity contribution in [2.45, 2.75) is 20.8 Å². The molecule has 2 N–H and O–H groups in total. The van der Waals surface area contributed by atoms with Gasteiger partial charge in [0.25, 0.3) is 0 Å². The Kier molecular flexibility index (Phi) is 5.73. The van der Waals surface area contributed by atoms with Gasteiger partial charge < -0.3 is 20.4 Å². The van der Waals surface area contributed by atoms with Crippen LogP contribution >= 0.6 is 0 Å². The molecule has 8 heteroatoms. The zero-order valence-corrected chi connectivity index (χ0v) is 15.9. The van der Waals surface area contributed by atoms with E-state index in [2.05, 4.69) is 25.5 Å². The van der Waals surface area contributed by atoms with Crippen LogP contribution in [0.15, 0.2) is 24.3 Å². The number of urea groups is 1. The molecule has 1 aromatic heterocycles. The Morgan fingerprint density at radius 1 is 1.15 bits per heavy atom. The summed E-state index contributed by atoms with van der Waals surface area (Å²) in [5.74, 6) is 1.15. The Morgan fingerprint density at radius 3 is 2.56 bits per heavy atom. The van der Waals surface area contributed by atoms with Gasteiger partial charge in [0.1, 0.15) is 11.6 Å². The van der Waals surface area contributed by atoms with Crippen LogP contribution in [0.3, 0.4) is 0 Å². The molecule has 1 fully saturated rings. The van der Waals surface area contributed by atoms with Crippen LogP contribution in [0.1, 0.15) is 18.2 Å². The fraction of sp³-hybridized carbons (Fsp3) is 0.421. The normalized spacial score (nSPS) is 14.2. The smallest absolute Gasteiger partial charge is 0.321 e. The van der Waals surface area contributed by atoms with Crippen molar-refractivity contribution in [1.29, 1.82) is 0 Å². The summed E-state index contributed by atoms with van der Waals surface area (Å²) in [5, 5.41) is 5.90. The molecule has 1 aliphatic rings. The standard InChI is InChI=1S/C19H25FN6O/c1-4-21-18-22-14(3)11-17(24-18)25-7-9-26(10-8-25)19(27)23-15-6-5-13(2)16(20)12-15/h5-6,11-12H,4,7-10H2,1-3H3,(H,23,27)(H,21,22,24). The summed E-state index contributed by atoms with van der Waals surface area (Å²) < 4.78 is 13.6. The summed E-state index contributed by atoms with van der Waals surface area (Å²) in [6.07, 6.45) is 0. The molecule has 0 aliphatic carbocycles. The summed E-state index contributed by atoms with van der Waals surface area (Å²) in [6.45, 7) is 8.89. The minimum atomic E-state index is -0.326. The molecule has 0 atom stereocenters. The van der Waals surface area contributed by atoms with Crippen molar-refractivity contribution < 1.29 is 9.18 Å². The van der Waals surface area contributed by atoms with E-state index in [0.29, 0.717) is 43.4 Å². The third-order valence-electron chi connectivity index (χ3n) is 4.49. The highest BCUT2D eigenvalue weighted by molar-refractivity contribution is 5.89. The lowest BCUT2D eigenvalue weighted by Gasteiger charge is -2.35. The number of aryl methyl sites for hydroxylation is 2. The molecule has 3 rings (SSSR count). The zero-order chi connectivity index (χ0) is 19.4. The largest absolute Gasteiger partial charge is 0.354 e. The molecule has 144 valence electrons. The Bertz CT molecular complexity index is 820. The van der Waals surface area contributed by atoms with Gasteiger partial charge in [0.2, 0.25) is 5.95 Å². The molecule has 0 bridgehead atoms. The summed E-state index contributed by atoms with van der Waals surface area (Å²) in [4.78, 5) is 25.2. The minimum Gasteiger partial charge on any atom is -0.354 e. The number of hydrogen-bond donors (Lipinski definition) is 2. The van der Waals surface area contributed by atoms with Gasteiger partial charge in [-0.15, -0.1) is 0 Å². The number of carbonyl (C=O) groups is 1. The van der Waals surface area contributed by atoms with Gasteiger partial charge in [-0.1, -0.05) is 6.07 Å². The maximum absolute atomic E-state index is 13.6. The maximum Gasteiger partial charge on any atom is 0.321 e. The fourth-order valence-electron chi connectivity index (χ4n) is 2.96. The van der Waals surface area contributed by atoms with Crippen LogP contribution in [-0.2, 0) is 0 Å². The number of anilines is 3. The number of hydrogen-bond acceptors (Lipinski definition) is 5. The summed E-state index contributed by atoms with van der Waals surface area (Å²) in [6, 6.07) is 6.44. The number of piperazine rings is 1. The second-order valence-corrected chi connectivity index (χ2v) is 6.59. The number of halogens is 1. The van der Waals surface area contributed by atoms with Crippen molar-refractivity contribution in [3.05, 3.63) is 41.3 Å². The number of amides is 2. The summed E-state index contributed by atoms with van der Waals surface area (Å²) >= 11 is 0. The van der Waals surface area contributed by atoms with E-state index in [9.17, 15) is 9.18 Å². The Balaban J connectivity index is 1.59. The van der Waals surface area contributed by atoms with Crippen molar-refractivity contribution in [1.82, 2.24) is 14.9 Å². The predicted molar refractivity (Wildman–Crippen MR) is 105 cm³/mol. The molecular weight excluding hydrogens is 347 g/mol. The van der Waals surface area contributed by atoms with Crippen LogP contribution < -0.4 is 15.5 Å². The molecule has 2 aromatic rings. The SMILES string of the molecule is CCNc1nc(C)cc(N2CCN(C(=O)Nc3ccc(C)c(F)c3)CC2)n1. The highest BCUT2D eigenvalue weighted by Gasteiger charge is 2.22. The molecule has 0 saturated carbocycles. The maximum atomic E-state index is 13.6. The quantitative estimate of drug-likeness (QED) is 0.863. The Hall–Kier alpha value is -2.90. The highest BCUT2D eigenvalue weighted by atomic mass is 19.1. The van der Waals surface area contributed by atoms with E-state index in [1.807, 2.05) is 19.9 Å². The number of aromatic nitrogens is 2. The number of rotatable bonds is 4.